The molecule has 2 heteroatoms. The van der Waals surface area contributed by atoms with Gasteiger partial charge in [-0.25, -0.2) is 0 Å². The molecular weight excluding hydrogens is 196 g/mol. The van der Waals surface area contributed by atoms with Gasteiger partial charge in [-0.15, -0.1) is 0 Å². The molecule has 0 amide bonds. The minimum Gasteiger partial charge on any atom is -0.271 e. The van der Waals surface area contributed by atoms with Gasteiger partial charge in [-0.05, 0) is 39.2 Å². The highest BCUT2D eigenvalue weighted by Crippen LogP contribution is 2.09. The summed E-state index contributed by atoms with van der Waals surface area (Å²) in [6.07, 6.45) is 4.27. The van der Waals surface area contributed by atoms with Crippen LogP contribution in [0.1, 0.15) is 31.4 Å². The van der Waals surface area contributed by atoms with Crippen LogP contribution in [-0.2, 0) is 6.42 Å². The van der Waals surface area contributed by atoms with Gasteiger partial charge in [0.25, 0.3) is 0 Å². The van der Waals surface area contributed by atoms with Gasteiger partial charge >= 0.3 is 0 Å². The number of aryl methyl sites for hydroxylation is 2. The van der Waals surface area contributed by atoms with Crippen LogP contribution in [0.15, 0.2) is 35.9 Å². The highest BCUT2D eigenvalue weighted by atomic mass is 15.2. The van der Waals surface area contributed by atoms with Crippen molar-refractivity contribution >= 4 is 0 Å². The van der Waals surface area contributed by atoms with E-state index >= 15 is 0 Å². The van der Waals surface area contributed by atoms with Gasteiger partial charge in [-0.2, -0.15) is 0 Å². The third-order valence-corrected chi connectivity index (χ3v) is 2.58. The molecule has 1 atom stereocenters. The van der Waals surface area contributed by atoms with E-state index in [2.05, 4.69) is 56.5 Å². The predicted octanol–water partition coefficient (Wildman–Crippen LogP) is 2.73. The Hall–Kier alpha value is -1.12. The molecule has 1 rings (SSSR count). The number of nitrogens with two attached hydrogens (primary N) is 1. The summed E-state index contributed by atoms with van der Waals surface area (Å²) < 4.78 is 0. The van der Waals surface area contributed by atoms with E-state index in [1.807, 2.05) is 0 Å². The predicted molar refractivity (Wildman–Crippen MR) is 70.0 cm³/mol. The normalized spacial score (nSPS) is 12.2. The fourth-order valence-corrected chi connectivity index (χ4v) is 1.81. The van der Waals surface area contributed by atoms with Crippen molar-refractivity contribution in [2.75, 3.05) is 0 Å². The highest BCUT2D eigenvalue weighted by molar-refractivity contribution is 5.22. The molecule has 0 fully saturated rings. The van der Waals surface area contributed by atoms with Gasteiger partial charge < -0.3 is 0 Å². The van der Waals surface area contributed by atoms with Crippen LogP contribution in [0, 0.1) is 6.92 Å². The molecule has 2 nitrogen and oxygen atoms in total. The van der Waals surface area contributed by atoms with E-state index in [1.54, 1.807) is 0 Å². The second kappa shape index (κ2) is 6.46. The summed E-state index contributed by atoms with van der Waals surface area (Å²) in [5.41, 5.74) is 6.83. The molecule has 0 aromatic heterocycles. The van der Waals surface area contributed by atoms with E-state index < -0.39 is 0 Å². The molecule has 0 saturated carbocycles. The Balaban J connectivity index is 2.53. The lowest BCUT2D eigenvalue weighted by Gasteiger charge is -2.12. The molecule has 0 aliphatic carbocycles. The molecule has 16 heavy (non-hydrogen) atoms. The van der Waals surface area contributed by atoms with E-state index in [9.17, 15) is 0 Å². The van der Waals surface area contributed by atoms with E-state index in [1.165, 1.54) is 16.7 Å². The fraction of sp³-hybridized carbons (Fsp3) is 0.429. The van der Waals surface area contributed by atoms with Crippen molar-refractivity contribution in [1.82, 2.24) is 5.43 Å². The average molecular weight is 218 g/mol. The Morgan fingerprint density at radius 1 is 1.44 bits per heavy atom. The molecule has 0 spiro atoms. The van der Waals surface area contributed by atoms with Crippen molar-refractivity contribution in [2.45, 2.75) is 39.7 Å². The summed E-state index contributed by atoms with van der Waals surface area (Å²) in [7, 11) is 0. The smallest absolute Gasteiger partial charge is 0.0396 e. The molecule has 0 aliphatic heterocycles. The number of rotatable bonds is 5. The van der Waals surface area contributed by atoms with Crippen molar-refractivity contribution in [3.05, 3.63) is 47.0 Å². The van der Waals surface area contributed by atoms with Crippen molar-refractivity contribution in [1.29, 1.82) is 0 Å². The fourth-order valence-electron chi connectivity index (χ4n) is 1.81. The van der Waals surface area contributed by atoms with Gasteiger partial charge in [-0.3, -0.25) is 11.3 Å². The van der Waals surface area contributed by atoms with Gasteiger partial charge in [0, 0.05) is 6.04 Å². The molecule has 88 valence electrons. The van der Waals surface area contributed by atoms with Gasteiger partial charge in [0.05, 0.1) is 0 Å². The third kappa shape index (κ3) is 4.60. The first-order chi connectivity index (χ1) is 7.61. The summed E-state index contributed by atoms with van der Waals surface area (Å²) >= 11 is 0. The molecule has 0 saturated heterocycles. The van der Waals surface area contributed by atoms with Gasteiger partial charge in [0.1, 0.15) is 0 Å². The zero-order valence-corrected chi connectivity index (χ0v) is 10.5. The van der Waals surface area contributed by atoms with Gasteiger partial charge in [0.2, 0.25) is 0 Å². The average Bonchev–Trinajstić information content (AvgIpc) is 2.24. The van der Waals surface area contributed by atoms with E-state index in [-0.39, 0.29) is 6.04 Å². The van der Waals surface area contributed by atoms with Crippen LogP contribution in [0.3, 0.4) is 0 Å². The minimum atomic E-state index is 0.269. The number of benzene rings is 1. The first-order valence-corrected chi connectivity index (χ1v) is 5.78. The number of hydrogen-bond donors (Lipinski definition) is 2. The van der Waals surface area contributed by atoms with Crippen LogP contribution in [0.2, 0.25) is 0 Å². The molecule has 0 radical (unpaired) electrons. The number of nitrogens with one attached hydrogen (secondary N) is 1. The molecule has 3 N–H and O–H groups in total. The molecule has 1 aromatic carbocycles. The Bertz CT molecular complexity index is 352. The Morgan fingerprint density at radius 2 is 2.19 bits per heavy atom. The maximum atomic E-state index is 5.52. The zero-order chi connectivity index (χ0) is 12.0. The summed E-state index contributed by atoms with van der Waals surface area (Å²) in [5.74, 6) is 5.52. The third-order valence-electron chi connectivity index (χ3n) is 2.58. The summed E-state index contributed by atoms with van der Waals surface area (Å²) in [6, 6.07) is 8.90. The highest BCUT2D eigenvalue weighted by Gasteiger charge is 2.03. The van der Waals surface area contributed by atoms with Crippen molar-refractivity contribution in [3.63, 3.8) is 0 Å². The SMILES string of the molecule is CC(C)=CC(CCc1cccc(C)c1)NN. The molecular formula is C14H22N2. The first-order valence-electron chi connectivity index (χ1n) is 5.78. The number of allylic oxidation sites excluding steroid dienone is 1. The minimum absolute atomic E-state index is 0.269. The lowest BCUT2D eigenvalue weighted by Crippen LogP contribution is -2.34. The molecule has 0 aliphatic rings. The Morgan fingerprint density at radius 3 is 2.75 bits per heavy atom. The summed E-state index contributed by atoms with van der Waals surface area (Å²) in [6.45, 7) is 6.31. The summed E-state index contributed by atoms with van der Waals surface area (Å²) in [4.78, 5) is 0. The molecule has 1 aromatic rings. The van der Waals surface area contributed by atoms with Crippen LogP contribution >= 0.6 is 0 Å². The maximum Gasteiger partial charge on any atom is 0.0396 e. The van der Waals surface area contributed by atoms with E-state index in [0.717, 1.165) is 12.8 Å². The quantitative estimate of drug-likeness (QED) is 0.453. The van der Waals surface area contributed by atoms with E-state index in [0.29, 0.717) is 0 Å². The van der Waals surface area contributed by atoms with Crippen molar-refractivity contribution in [2.24, 2.45) is 5.84 Å². The second-order valence-corrected chi connectivity index (χ2v) is 4.54. The van der Waals surface area contributed by atoms with Crippen LogP contribution in [-0.4, -0.2) is 6.04 Å². The Labute approximate surface area is 98.5 Å². The maximum absolute atomic E-state index is 5.52. The standard InChI is InChI=1S/C14H22N2/c1-11(2)9-14(16-15)8-7-13-6-4-5-12(3)10-13/h4-6,9-10,14,16H,7-8,15H2,1-3H3. The van der Waals surface area contributed by atoms with Crippen LogP contribution < -0.4 is 11.3 Å². The second-order valence-electron chi connectivity index (χ2n) is 4.54. The number of hydrazine groups is 1. The summed E-state index contributed by atoms with van der Waals surface area (Å²) in [5, 5.41) is 0. The first kappa shape index (κ1) is 12.9. The van der Waals surface area contributed by atoms with Crippen molar-refractivity contribution < 1.29 is 0 Å². The largest absolute Gasteiger partial charge is 0.271 e. The van der Waals surface area contributed by atoms with E-state index in [4.69, 9.17) is 5.84 Å². The molecule has 1 unspecified atom stereocenters. The van der Waals surface area contributed by atoms with Crippen LogP contribution in [0.4, 0.5) is 0 Å². The zero-order valence-electron chi connectivity index (χ0n) is 10.5. The lowest BCUT2D eigenvalue weighted by molar-refractivity contribution is 0.574. The van der Waals surface area contributed by atoms with Crippen molar-refractivity contribution in [3.8, 4) is 0 Å². The Kier molecular flexibility index (Phi) is 5.23. The molecule has 0 bridgehead atoms. The van der Waals surface area contributed by atoms with Crippen LogP contribution in [0.5, 0.6) is 0 Å². The lowest BCUT2D eigenvalue weighted by atomic mass is 10.0. The monoisotopic (exact) mass is 218 g/mol. The van der Waals surface area contributed by atoms with Gasteiger partial charge in [-0.1, -0.05) is 41.5 Å². The number of hydrogen-bond acceptors (Lipinski definition) is 2. The topological polar surface area (TPSA) is 38.0 Å². The van der Waals surface area contributed by atoms with Gasteiger partial charge in [0.15, 0.2) is 0 Å². The van der Waals surface area contributed by atoms with Crippen LogP contribution in [0.25, 0.3) is 0 Å². The molecule has 0 heterocycles.